The Morgan fingerprint density at radius 2 is 2.21 bits per heavy atom. The monoisotopic (exact) mass is 267 g/mol. The number of nitrogens with two attached hydrogens (primary N) is 1. The van der Waals surface area contributed by atoms with Gasteiger partial charge >= 0.3 is 0 Å². The van der Waals surface area contributed by atoms with E-state index in [4.69, 9.17) is 10.2 Å². The topological polar surface area (TPSA) is 81.2 Å². The molecule has 1 aromatic heterocycles. The zero-order valence-electron chi connectivity index (χ0n) is 12.3. The van der Waals surface area contributed by atoms with Gasteiger partial charge in [-0.1, -0.05) is 13.8 Å². The maximum Gasteiger partial charge on any atom is 0.220 e. The molecule has 0 spiro atoms. The molecule has 0 radical (unpaired) electrons. The lowest BCUT2D eigenvalue weighted by molar-refractivity contribution is -0.122. The average Bonchev–Trinajstić information content (AvgIpc) is 2.73. The highest BCUT2D eigenvalue weighted by Gasteiger charge is 2.20. The van der Waals surface area contributed by atoms with Gasteiger partial charge in [-0.3, -0.25) is 4.79 Å². The predicted molar refractivity (Wildman–Crippen MR) is 74.5 cm³/mol. The molecule has 1 aromatic rings. The Hall–Kier alpha value is -1.36. The number of aryl methyl sites for hydroxylation is 1. The highest BCUT2D eigenvalue weighted by atomic mass is 16.4. The van der Waals surface area contributed by atoms with Gasteiger partial charge in [-0.25, -0.2) is 4.98 Å². The molecule has 0 saturated heterocycles. The number of carbonyl (C=O) groups excluding carboxylic acids is 1. The Labute approximate surface area is 115 Å². The van der Waals surface area contributed by atoms with Gasteiger partial charge in [-0.05, 0) is 38.6 Å². The van der Waals surface area contributed by atoms with Crippen molar-refractivity contribution >= 4 is 5.91 Å². The third-order valence-corrected chi connectivity index (χ3v) is 3.24. The van der Waals surface area contributed by atoms with E-state index < -0.39 is 0 Å². The molecule has 0 aliphatic rings. The van der Waals surface area contributed by atoms with Crippen molar-refractivity contribution in [3.63, 3.8) is 0 Å². The van der Waals surface area contributed by atoms with Crippen LogP contribution in [0.5, 0.6) is 0 Å². The van der Waals surface area contributed by atoms with Crippen molar-refractivity contribution in [2.24, 2.45) is 11.1 Å². The minimum atomic E-state index is -0.196. The summed E-state index contributed by atoms with van der Waals surface area (Å²) in [5.41, 5.74) is 5.66. The van der Waals surface area contributed by atoms with Crippen LogP contribution in [0.1, 0.15) is 57.7 Å². The Morgan fingerprint density at radius 3 is 2.74 bits per heavy atom. The lowest BCUT2D eigenvalue weighted by Gasteiger charge is -2.23. The number of nitrogens with zero attached hydrogens (tertiary/aromatic N) is 1. The number of carbonyl (C=O) groups is 1. The van der Waals surface area contributed by atoms with Crippen LogP contribution in [-0.2, 0) is 4.79 Å². The van der Waals surface area contributed by atoms with Crippen LogP contribution in [0.4, 0.5) is 0 Å². The van der Waals surface area contributed by atoms with Crippen LogP contribution in [0.15, 0.2) is 10.6 Å². The summed E-state index contributed by atoms with van der Waals surface area (Å²) < 4.78 is 5.39. The van der Waals surface area contributed by atoms with Gasteiger partial charge in [0.1, 0.15) is 11.8 Å². The molecular formula is C14H25N3O2. The van der Waals surface area contributed by atoms with Crippen LogP contribution in [0.2, 0.25) is 0 Å². The second-order valence-corrected chi connectivity index (χ2v) is 5.80. The highest BCUT2D eigenvalue weighted by Crippen LogP contribution is 2.26. The van der Waals surface area contributed by atoms with Crippen LogP contribution < -0.4 is 11.1 Å². The molecule has 0 aliphatic heterocycles. The lowest BCUT2D eigenvalue weighted by Crippen LogP contribution is -2.28. The molecule has 1 heterocycles. The molecule has 19 heavy (non-hydrogen) atoms. The maximum absolute atomic E-state index is 11.9. The van der Waals surface area contributed by atoms with Gasteiger partial charge in [0.25, 0.3) is 0 Å². The first kappa shape index (κ1) is 15.7. The third kappa shape index (κ3) is 5.42. The van der Waals surface area contributed by atoms with E-state index in [1.165, 1.54) is 0 Å². The largest absolute Gasteiger partial charge is 0.444 e. The number of hydrogen-bond donors (Lipinski definition) is 2. The van der Waals surface area contributed by atoms with E-state index >= 15 is 0 Å². The first-order chi connectivity index (χ1) is 8.84. The summed E-state index contributed by atoms with van der Waals surface area (Å²) >= 11 is 0. The normalized spacial score (nSPS) is 13.3. The second kappa shape index (κ2) is 6.70. The molecule has 1 unspecified atom stereocenters. The van der Waals surface area contributed by atoms with Crippen molar-refractivity contribution in [2.75, 3.05) is 6.54 Å². The van der Waals surface area contributed by atoms with Crippen molar-refractivity contribution in [2.45, 2.75) is 53.0 Å². The molecule has 0 saturated carbocycles. The molecule has 0 aliphatic carbocycles. The number of oxazole rings is 1. The molecule has 0 bridgehead atoms. The second-order valence-electron chi connectivity index (χ2n) is 5.80. The molecule has 108 valence electrons. The molecule has 1 amide bonds. The van der Waals surface area contributed by atoms with Crippen molar-refractivity contribution in [1.82, 2.24) is 10.3 Å². The summed E-state index contributed by atoms with van der Waals surface area (Å²) in [5.74, 6) is 1.32. The summed E-state index contributed by atoms with van der Waals surface area (Å²) in [6, 6.07) is -0.196. The highest BCUT2D eigenvalue weighted by molar-refractivity contribution is 5.76. The van der Waals surface area contributed by atoms with E-state index in [9.17, 15) is 4.79 Å². The van der Waals surface area contributed by atoms with Crippen LogP contribution >= 0.6 is 0 Å². The number of amides is 1. The smallest absolute Gasteiger partial charge is 0.220 e. The van der Waals surface area contributed by atoms with Gasteiger partial charge in [0.15, 0.2) is 0 Å². The molecule has 0 aromatic carbocycles. The first-order valence-electron chi connectivity index (χ1n) is 6.76. The zero-order chi connectivity index (χ0) is 14.5. The number of rotatable bonds is 7. The summed E-state index contributed by atoms with van der Waals surface area (Å²) in [6.45, 7) is 8.62. The Balaban J connectivity index is 2.39. The third-order valence-electron chi connectivity index (χ3n) is 3.24. The zero-order valence-corrected chi connectivity index (χ0v) is 12.3. The Morgan fingerprint density at radius 1 is 1.53 bits per heavy atom. The molecular weight excluding hydrogens is 242 g/mol. The van der Waals surface area contributed by atoms with E-state index in [1.54, 1.807) is 6.20 Å². The minimum absolute atomic E-state index is 0.0217. The van der Waals surface area contributed by atoms with Gasteiger partial charge in [-0.2, -0.15) is 0 Å². The quantitative estimate of drug-likeness (QED) is 0.794. The van der Waals surface area contributed by atoms with Crippen molar-refractivity contribution in [3.05, 3.63) is 17.8 Å². The van der Waals surface area contributed by atoms with Gasteiger partial charge < -0.3 is 15.5 Å². The number of aromatic nitrogens is 1. The fourth-order valence-corrected chi connectivity index (χ4v) is 1.92. The molecule has 1 rings (SSSR count). The lowest BCUT2D eigenvalue weighted by atomic mass is 9.84. The number of hydrogen-bond acceptors (Lipinski definition) is 4. The fraction of sp³-hybridized carbons (Fsp3) is 0.714. The van der Waals surface area contributed by atoms with E-state index in [2.05, 4.69) is 24.1 Å². The standard InChI is InChI=1S/C14H25N3O2/c1-10-9-16-13(19-10)11(2)17-12(18)5-6-14(3,4)7-8-15/h9,11H,5-8,15H2,1-4H3,(H,17,18). The molecule has 0 fully saturated rings. The summed E-state index contributed by atoms with van der Waals surface area (Å²) in [5, 5.41) is 2.90. The van der Waals surface area contributed by atoms with Crippen LogP contribution in [0, 0.1) is 12.3 Å². The van der Waals surface area contributed by atoms with Crippen LogP contribution in [0.3, 0.4) is 0 Å². The van der Waals surface area contributed by atoms with Crippen molar-refractivity contribution in [1.29, 1.82) is 0 Å². The minimum Gasteiger partial charge on any atom is -0.444 e. The molecule has 5 nitrogen and oxygen atoms in total. The van der Waals surface area contributed by atoms with Gasteiger partial charge in [0.05, 0.1) is 6.20 Å². The SMILES string of the molecule is Cc1cnc(C(C)NC(=O)CCC(C)(C)CCN)o1. The van der Waals surface area contributed by atoms with E-state index in [-0.39, 0.29) is 17.4 Å². The predicted octanol–water partition coefficient (Wildman–Crippen LogP) is 2.32. The molecule has 5 heteroatoms. The van der Waals surface area contributed by atoms with E-state index in [0.717, 1.165) is 18.6 Å². The summed E-state index contributed by atoms with van der Waals surface area (Å²) in [7, 11) is 0. The van der Waals surface area contributed by atoms with Crippen LogP contribution in [-0.4, -0.2) is 17.4 Å². The summed E-state index contributed by atoms with van der Waals surface area (Å²) in [4.78, 5) is 16.0. The van der Waals surface area contributed by atoms with Gasteiger partial charge in [0, 0.05) is 6.42 Å². The molecule has 3 N–H and O–H groups in total. The number of nitrogens with one attached hydrogen (secondary N) is 1. The van der Waals surface area contributed by atoms with Gasteiger partial charge in [0.2, 0.25) is 11.8 Å². The van der Waals surface area contributed by atoms with Crippen molar-refractivity contribution in [3.8, 4) is 0 Å². The van der Waals surface area contributed by atoms with Crippen LogP contribution in [0.25, 0.3) is 0 Å². The maximum atomic E-state index is 11.9. The van der Waals surface area contributed by atoms with E-state index in [0.29, 0.717) is 18.9 Å². The van der Waals surface area contributed by atoms with E-state index in [1.807, 2.05) is 13.8 Å². The Bertz CT molecular complexity index is 413. The average molecular weight is 267 g/mol. The van der Waals surface area contributed by atoms with Crippen molar-refractivity contribution < 1.29 is 9.21 Å². The Kier molecular flexibility index (Phi) is 5.54. The fourth-order valence-electron chi connectivity index (χ4n) is 1.92. The molecule has 1 atom stereocenters. The first-order valence-corrected chi connectivity index (χ1v) is 6.76. The van der Waals surface area contributed by atoms with Gasteiger partial charge in [-0.15, -0.1) is 0 Å². The summed E-state index contributed by atoms with van der Waals surface area (Å²) in [6.07, 6.45) is 3.90.